The van der Waals surface area contributed by atoms with Gasteiger partial charge in [-0.05, 0) is 52.0 Å². The summed E-state index contributed by atoms with van der Waals surface area (Å²) in [6, 6.07) is 6.93. The summed E-state index contributed by atoms with van der Waals surface area (Å²) in [5, 5.41) is 10.1. The quantitative estimate of drug-likeness (QED) is 0.857. The molecule has 2 aromatic rings. The summed E-state index contributed by atoms with van der Waals surface area (Å²) < 4.78 is 7.29. The number of rotatable bonds is 6. The van der Waals surface area contributed by atoms with Crippen molar-refractivity contribution in [3.8, 4) is 5.75 Å². The number of nitrogens with zero attached hydrogens (tertiary/aromatic N) is 2. The van der Waals surface area contributed by atoms with E-state index >= 15 is 0 Å². The van der Waals surface area contributed by atoms with Crippen LogP contribution in [0.3, 0.4) is 0 Å². The first-order chi connectivity index (χ1) is 11.0. The minimum absolute atomic E-state index is 0.113. The maximum absolute atomic E-state index is 12.1. The normalized spacial score (nSPS) is 11.8. The molecule has 6 heteroatoms. The summed E-state index contributed by atoms with van der Waals surface area (Å²) >= 11 is 0. The van der Waals surface area contributed by atoms with Gasteiger partial charge >= 0.3 is 6.03 Å². The number of urea groups is 1. The van der Waals surface area contributed by atoms with E-state index in [9.17, 15) is 4.79 Å². The van der Waals surface area contributed by atoms with Crippen LogP contribution in [-0.2, 0) is 6.54 Å². The van der Waals surface area contributed by atoms with Gasteiger partial charge in [-0.1, -0.05) is 0 Å². The van der Waals surface area contributed by atoms with Crippen molar-refractivity contribution in [3.63, 3.8) is 0 Å². The molecule has 0 saturated carbocycles. The fourth-order valence-electron chi connectivity index (χ4n) is 2.45. The van der Waals surface area contributed by atoms with E-state index in [1.165, 1.54) is 0 Å². The van der Waals surface area contributed by atoms with E-state index in [1.807, 2.05) is 56.6 Å². The van der Waals surface area contributed by atoms with Crippen molar-refractivity contribution < 1.29 is 9.53 Å². The molecule has 0 radical (unpaired) electrons. The Kier molecular flexibility index (Phi) is 5.62. The van der Waals surface area contributed by atoms with Crippen molar-refractivity contribution in [1.29, 1.82) is 0 Å². The zero-order valence-corrected chi connectivity index (χ0v) is 14.1. The Labute approximate surface area is 136 Å². The highest BCUT2D eigenvalue weighted by atomic mass is 16.5. The molecule has 0 aliphatic heterocycles. The standard InChI is InChI=1S/C17H24N4O2/c1-5-21-13(4)16(11-18-21)12(3)19-17(22)20-14-7-9-15(10-8-14)23-6-2/h7-12H,5-6H2,1-4H3,(H2,19,20,22)/t12-/m0/s1. The molecule has 6 nitrogen and oxygen atoms in total. The van der Waals surface area contributed by atoms with Crippen molar-refractivity contribution in [1.82, 2.24) is 15.1 Å². The van der Waals surface area contributed by atoms with E-state index in [2.05, 4.69) is 15.7 Å². The van der Waals surface area contributed by atoms with Crippen LogP contribution in [0.2, 0.25) is 0 Å². The van der Waals surface area contributed by atoms with Gasteiger partial charge in [-0.15, -0.1) is 0 Å². The highest BCUT2D eigenvalue weighted by molar-refractivity contribution is 5.89. The molecule has 124 valence electrons. The van der Waals surface area contributed by atoms with Crippen LogP contribution in [-0.4, -0.2) is 22.4 Å². The average Bonchev–Trinajstić information content (AvgIpc) is 2.90. The van der Waals surface area contributed by atoms with E-state index in [0.29, 0.717) is 6.61 Å². The van der Waals surface area contributed by atoms with Gasteiger partial charge in [0.2, 0.25) is 0 Å². The Balaban J connectivity index is 1.94. The number of benzene rings is 1. The Hall–Kier alpha value is -2.50. The SMILES string of the molecule is CCOc1ccc(NC(=O)N[C@@H](C)c2cnn(CC)c2C)cc1. The first-order valence-electron chi connectivity index (χ1n) is 7.87. The molecule has 0 aliphatic carbocycles. The summed E-state index contributed by atoms with van der Waals surface area (Å²) in [6.45, 7) is 9.37. The summed E-state index contributed by atoms with van der Waals surface area (Å²) in [5.41, 5.74) is 2.81. The fourth-order valence-corrected chi connectivity index (χ4v) is 2.45. The van der Waals surface area contributed by atoms with Gasteiger partial charge in [0.15, 0.2) is 0 Å². The number of carbonyl (C=O) groups excluding carboxylic acids is 1. The predicted molar refractivity (Wildman–Crippen MR) is 90.8 cm³/mol. The van der Waals surface area contributed by atoms with Crippen LogP contribution in [0.1, 0.15) is 38.1 Å². The number of ether oxygens (including phenoxy) is 1. The first-order valence-corrected chi connectivity index (χ1v) is 7.87. The second-order valence-electron chi connectivity index (χ2n) is 5.28. The Morgan fingerprint density at radius 1 is 1.30 bits per heavy atom. The topological polar surface area (TPSA) is 68.2 Å². The smallest absolute Gasteiger partial charge is 0.319 e. The number of aryl methyl sites for hydroxylation is 1. The molecule has 2 rings (SSSR count). The second-order valence-corrected chi connectivity index (χ2v) is 5.28. The Morgan fingerprint density at radius 3 is 2.57 bits per heavy atom. The molecule has 1 heterocycles. The van der Waals surface area contributed by atoms with Crippen molar-refractivity contribution in [2.24, 2.45) is 0 Å². The van der Waals surface area contributed by atoms with Crippen LogP contribution in [0.25, 0.3) is 0 Å². The largest absolute Gasteiger partial charge is 0.494 e. The third-order valence-corrected chi connectivity index (χ3v) is 3.68. The number of hydrogen-bond donors (Lipinski definition) is 2. The molecule has 1 aromatic heterocycles. The van der Waals surface area contributed by atoms with Gasteiger partial charge in [0.1, 0.15) is 5.75 Å². The summed E-state index contributed by atoms with van der Waals surface area (Å²) in [7, 11) is 0. The van der Waals surface area contributed by atoms with Crippen molar-refractivity contribution in [2.45, 2.75) is 40.3 Å². The van der Waals surface area contributed by atoms with Gasteiger partial charge in [0, 0.05) is 23.5 Å². The van der Waals surface area contributed by atoms with Crippen molar-refractivity contribution >= 4 is 11.7 Å². The number of hydrogen-bond acceptors (Lipinski definition) is 3. The molecule has 1 aromatic carbocycles. The van der Waals surface area contributed by atoms with E-state index in [0.717, 1.165) is 29.2 Å². The van der Waals surface area contributed by atoms with Gasteiger partial charge < -0.3 is 15.4 Å². The molecular weight excluding hydrogens is 292 g/mol. The molecule has 0 unspecified atom stereocenters. The number of nitrogens with one attached hydrogen (secondary N) is 2. The van der Waals surface area contributed by atoms with E-state index < -0.39 is 0 Å². The predicted octanol–water partition coefficient (Wildman–Crippen LogP) is 3.49. The number of carbonyl (C=O) groups is 1. The van der Waals surface area contributed by atoms with Gasteiger partial charge in [-0.3, -0.25) is 4.68 Å². The summed E-state index contributed by atoms with van der Waals surface area (Å²) in [6.07, 6.45) is 1.81. The van der Waals surface area contributed by atoms with Crippen molar-refractivity contribution in [2.75, 3.05) is 11.9 Å². The zero-order chi connectivity index (χ0) is 16.8. The summed E-state index contributed by atoms with van der Waals surface area (Å²) in [4.78, 5) is 12.1. The lowest BCUT2D eigenvalue weighted by molar-refractivity contribution is 0.249. The lowest BCUT2D eigenvalue weighted by atomic mass is 10.1. The third kappa shape index (κ3) is 4.25. The van der Waals surface area contributed by atoms with Gasteiger partial charge in [0.25, 0.3) is 0 Å². The number of amides is 2. The second kappa shape index (κ2) is 7.67. The zero-order valence-electron chi connectivity index (χ0n) is 14.1. The van der Waals surface area contributed by atoms with Crippen LogP contribution >= 0.6 is 0 Å². The molecule has 1 atom stereocenters. The van der Waals surface area contributed by atoms with Gasteiger partial charge in [0.05, 0.1) is 18.8 Å². The van der Waals surface area contributed by atoms with Gasteiger partial charge in [-0.25, -0.2) is 4.79 Å². The van der Waals surface area contributed by atoms with Crippen LogP contribution in [0.5, 0.6) is 5.75 Å². The molecule has 23 heavy (non-hydrogen) atoms. The van der Waals surface area contributed by atoms with Crippen LogP contribution in [0.15, 0.2) is 30.5 Å². The monoisotopic (exact) mass is 316 g/mol. The van der Waals surface area contributed by atoms with Crippen LogP contribution < -0.4 is 15.4 Å². The molecule has 2 amide bonds. The van der Waals surface area contributed by atoms with Crippen LogP contribution in [0.4, 0.5) is 10.5 Å². The van der Waals surface area contributed by atoms with Crippen molar-refractivity contribution in [3.05, 3.63) is 41.7 Å². The van der Waals surface area contributed by atoms with Crippen LogP contribution in [0, 0.1) is 6.92 Å². The highest BCUT2D eigenvalue weighted by Gasteiger charge is 2.15. The van der Waals surface area contributed by atoms with E-state index in [4.69, 9.17) is 4.74 Å². The average molecular weight is 316 g/mol. The fraction of sp³-hybridized carbons (Fsp3) is 0.412. The minimum atomic E-state index is -0.245. The molecule has 0 spiro atoms. The lowest BCUT2D eigenvalue weighted by Crippen LogP contribution is -2.31. The maximum Gasteiger partial charge on any atom is 0.319 e. The molecule has 0 saturated heterocycles. The molecule has 2 N–H and O–H groups in total. The first kappa shape index (κ1) is 16.9. The maximum atomic E-state index is 12.1. The summed E-state index contributed by atoms with van der Waals surface area (Å²) in [5.74, 6) is 0.787. The van der Waals surface area contributed by atoms with E-state index in [1.54, 1.807) is 6.20 Å². The number of aromatic nitrogens is 2. The highest BCUT2D eigenvalue weighted by Crippen LogP contribution is 2.18. The molecular formula is C17H24N4O2. The molecule has 0 bridgehead atoms. The molecule has 0 aliphatic rings. The number of anilines is 1. The van der Waals surface area contributed by atoms with E-state index in [-0.39, 0.29) is 12.1 Å². The Bertz CT molecular complexity index is 649. The van der Waals surface area contributed by atoms with Gasteiger partial charge in [-0.2, -0.15) is 5.10 Å². The third-order valence-electron chi connectivity index (χ3n) is 3.68. The lowest BCUT2D eigenvalue weighted by Gasteiger charge is -2.15. The Morgan fingerprint density at radius 2 is 2.00 bits per heavy atom. The minimum Gasteiger partial charge on any atom is -0.494 e. The molecule has 0 fully saturated rings.